The maximum Gasteiger partial charge on any atom is 0.251 e. The number of carbonyl (C=O) groups is 2. The van der Waals surface area contributed by atoms with E-state index in [9.17, 15) is 9.59 Å². The lowest BCUT2D eigenvalue weighted by molar-refractivity contribution is -0.133. The van der Waals surface area contributed by atoms with Crippen molar-refractivity contribution in [2.24, 2.45) is 5.73 Å². The van der Waals surface area contributed by atoms with Crippen LogP contribution in [-0.2, 0) is 4.79 Å². The van der Waals surface area contributed by atoms with E-state index in [0.717, 1.165) is 29.5 Å². The Bertz CT molecular complexity index is 809. The minimum absolute atomic E-state index is 0.0470. The second-order valence-corrected chi connectivity index (χ2v) is 7.28. The van der Waals surface area contributed by atoms with Crippen LogP contribution in [0, 0.1) is 13.8 Å². The highest BCUT2D eigenvalue weighted by molar-refractivity contribution is 5.95. The van der Waals surface area contributed by atoms with E-state index in [4.69, 9.17) is 5.73 Å². The minimum atomic E-state index is -0.635. The first-order valence-corrected chi connectivity index (χ1v) is 9.43. The van der Waals surface area contributed by atoms with E-state index >= 15 is 0 Å². The van der Waals surface area contributed by atoms with E-state index in [1.807, 2.05) is 62.4 Å². The smallest absolute Gasteiger partial charge is 0.251 e. The van der Waals surface area contributed by atoms with Crippen LogP contribution in [0.2, 0.25) is 0 Å². The van der Waals surface area contributed by atoms with Gasteiger partial charge in [0.15, 0.2) is 0 Å². The van der Waals surface area contributed by atoms with E-state index in [0.29, 0.717) is 18.7 Å². The second kappa shape index (κ2) is 8.35. The van der Waals surface area contributed by atoms with Crippen molar-refractivity contribution in [2.75, 3.05) is 13.1 Å². The Morgan fingerprint density at radius 2 is 1.67 bits per heavy atom. The standard InChI is InChI=1S/C22H27N3O2/c1-15-7-9-17(10-8-15)20(23)22(27)25-13-11-18(12-14-25)24-21(26)19-6-4-3-5-16(19)2/h3-10,18,20H,11-14,23H2,1-2H3,(H,24,26). The Hall–Kier alpha value is -2.66. The molecular weight excluding hydrogens is 338 g/mol. The van der Waals surface area contributed by atoms with Gasteiger partial charge in [-0.1, -0.05) is 48.0 Å². The normalized spacial score (nSPS) is 16.0. The Morgan fingerprint density at radius 1 is 1.04 bits per heavy atom. The molecule has 142 valence electrons. The van der Waals surface area contributed by atoms with Gasteiger partial charge in [0.25, 0.3) is 5.91 Å². The number of amides is 2. The van der Waals surface area contributed by atoms with Crippen molar-refractivity contribution in [3.05, 3.63) is 70.8 Å². The Morgan fingerprint density at radius 3 is 2.30 bits per heavy atom. The van der Waals surface area contributed by atoms with E-state index in [-0.39, 0.29) is 17.9 Å². The summed E-state index contributed by atoms with van der Waals surface area (Å²) in [5.74, 6) is -0.100. The molecule has 1 unspecified atom stereocenters. The first kappa shape index (κ1) is 19.1. The number of benzene rings is 2. The van der Waals surface area contributed by atoms with Crippen molar-refractivity contribution in [1.29, 1.82) is 0 Å². The molecule has 2 amide bonds. The number of hydrogen-bond donors (Lipinski definition) is 2. The summed E-state index contributed by atoms with van der Waals surface area (Å²) in [6, 6.07) is 14.8. The van der Waals surface area contributed by atoms with Crippen molar-refractivity contribution in [3.8, 4) is 0 Å². The topological polar surface area (TPSA) is 75.4 Å². The molecule has 1 fully saturated rings. The third kappa shape index (κ3) is 4.55. The molecule has 1 aliphatic rings. The van der Waals surface area contributed by atoms with Crippen molar-refractivity contribution < 1.29 is 9.59 Å². The van der Waals surface area contributed by atoms with Gasteiger partial charge < -0.3 is 16.0 Å². The number of piperidine rings is 1. The van der Waals surface area contributed by atoms with Crippen molar-refractivity contribution >= 4 is 11.8 Å². The van der Waals surface area contributed by atoms with Gasteiger partial charge in [0.05, 0.1) is 0 Å². The quantitative estimate of drug-likeness (QED) is 0.875. The number of hydrogen-bond acceptors (Lipinski definition) is 3. The Balaban J connectivity index is 1.54. The lowest BCUT2D eigenvalue weighted by atomic mass is 10.0. The number of nitrogens with zero attached hydrogens (tertiary/aromatic N) is 1. The van der Waals surface area contributed by atoms with Gasteiger partial charge in [0.2, 0.25) is 5.91 Å². The molecule has 1 aliphatic heterocycles. The van der Waals surface area contributed by atoms with E-state index in [1.54, 1.807) is 4.90 Å². The zero-order chi connectivity index (χ0) is 19.4. The average Bonchev–Trinajstić information content (AvgIpc) is 2.68. The van der Waals surface area contributed by atoms with Crippen molar-refractivity contribution in [1.82, 2.24) is 10.2 Å². The van der Waals surface area contributed by atoms with Gasteiger partial charge in [0, 0.05) is 24.7 Å². The predicted octanol–water partition coefficient (Wildman–Crippen LogP) is 2.72. The summed E-state index contributed by atoms with van der Waals surface area (Å²) in [6.07, 6.45) is 1.48. The molecule has 1 atom stereocenters. The summed E-state index contributed by atoms with van der Waals surface area (Å²) in [4.78, 5) is 27.0. The van der Waals surface area contributed by atoms with Crippen LogP contribution >= 0.6 is 0 Å². The summed E-state index contributed by atoms with van der Waals surface area (Å²) in [5.41, 5.74) is 9.81. The highest BCUT2D eigenvalue weighted by Crippen LogP contribution is 2.18. The van der Waals surface area contributed by atoms with E-state index in [1.165, 1.54) is 0 Å². The predicted molar refractivity (Wildman–Crippen MR) is 106 cm³/mol. The fourth-order valence-electron chi connectivity index (χ4n) is 3.45. The van der Waals surface area contributed by atoms with Crippen molar-refractivity contribution in [2.45, 2.75) is 38.8 Å². The third-order valence-electron chi connectivity index (χ3n) is 5.23. The van der Waals surface area contributed by atoms with Gasteiger partial charge in [-0.2, -0.15) is 0 Å². The number of nitrogens with two attached hydrogens (primary N) is 1. The minimum Gasteiger partial charge on any atom is -0.349 e. The average molecular weight is 365 g/mol. The SMILES string of the molecule is Cc1ccc(C(N)C(=O)N2CCC(NC(=O)c3ccccc3C)CC2)cc1. The Labute approximate surface area is 160 Å². The maximum atomic E-state index is 12.7. The highest BCUT2D eigenvalue weighted by atomic mass is 16.2. The number of likely N-dealkylation sites (tertiary alicyclic amines) is 1. The summed E-state index contributed by atoms with van der Waals surface area (Å²) in [5, 5.41) is 3.09. The maximum absolute atomic E-state index is 12.7. The largest absolute Gasteiger partial charge is 0.349 e. The number of carbonyl (C=O) groups excluding carboxylic acids is 2. The lowest BCUT2D eigenvalue weighted by Gasteiger charge is -2.34. The number of aryl methyl sites for hydroxylation is 2. The van der Waals surface area contributed by atoms with E-state index in [2.05, 4.69) is 5.32 Å². The second-order valence-electron chi connectivity index (χ2n) is 7.28. The molecule has 0 bridgehead atoms. The van der Waals surface area contributed by atoms with Crippen molar-refractivity contribution in [3.63, 3.8) is 0 Å². The zero-order valence-corrected chi connectivity index (χ0v) is 15.9. The molecule has 5 nitrogen and oxygen atoms in total. The third-order valence-corrected chi connectivity index (χ3v) is 5.23. The van der Waals surface area contributed by atoms with Gasteiger partial charge in [-0.05, 0) is 43.9 Å². The number of nitrogens with one attached hydrogen (secondary N) is 1. The first-order valence-electron chi connectivity index (χ1n) is 9.43. The Kier molecular flexibility index (Phi) is 5.91. The van der Waals surface area contributed by atoms with Gasteiger partial charge in [-0.3, -0.25) is 9.59 Å². The summed E-state index contributed by atoms with van der Waals surface area (Å²) in [6.45, 7) is 5.16. The zero-order valence-electron chi connectivity index (χ0n) is 15.9. The lowest BCUT2D eigenvalue weighted by Crippen LogP contribution is -2.48. The molecule has 27 heavy (non-hydrogen) atoms. The van der Waals surface area contributed by atoms with Crippen LogP contribution in [0.5, 0.6) is 0 Å². The fourth-order valence-corrected chi connectivity index (χ4v) is 3.45. The number of rotatable bonds is 4. The van der Waals surface area contributed by atoms with Crippen LogP contribution in [0.15, 0.2) is 48.5 Å². The summed E-state index contributed by atoms with van der Waals surface area (Å²) < 4.78 is 0. The molecule has 0 spiro atoms. The molecule has 0 aromatic heterocycles. The molecule has 2 aromatic carbocycles. The molecule has 0 saturated carbocycles. The molecular formula is C22H27N3O2. The van der Waals surface area contributed by atoms with Gasteiger partial charge in [-0.25, -0.2) is 0 Å². The molecule has 1 saturated heterocycles. The van der Waals surface area contributed by atoms with Crippen LogP contribution in [0.25, 0.3) is 0 Å². The van der Waals surface area contributed by atoms with Crippen LogP contribution in [0.4, 0.5) is 0 Å². The van der Waals surface area contributed by atoms with E-state index < -0.39 is 6.04 Å². The molecule has 2 aromatic rings. The molecule has 3 rings (SSSR count). The molecule has 0 aliphatic carbocycles. The van der Waals surface area contributed by atoms with Crippen LogP contribution in [0.1, 0.15) is 45.9 Å². The molecule has 5 heteroatoms. The highest BCUT2D eigenvalue weighted by Gasteiger charge is 2.28. The summed E-state index contributed by atoms with van der Waals surface area (Å²) >= 11 is 0. The van der Waals surface area contributed by atoms with Crippen LogP contribution in [0.3, 0.4) is 0 Å². The first-order chi connectivity index (χ1) is 13.0. The van der Waals surface area contributed by atoms with Crippen LogP contribution in [-0.4, -0.2) is 35.8 Å². The summed E-state index contributed by atoms with van der Waals surface area (Å²) in [7, 11) is 0. The van der Waals surface area contributed by atoms with Gasteiger partial charge in [0.1, 0.15) is 6.04 Å². The van der Waals surface area contributed by atoms with Crippen LogP contribution < -0.4 is 11.1 Å². The fraction of sp³-hybridized carbons (Fsp3) is 0.364. The monoisotopic (exact) mass is 365 g/mol. The van der Waals surface area contributed by atoms with Gasteiger partial charge in [-0.15, -0.1) is 0 Å². The molecule has 0 radical (unpaired) electrons. The molecule has 3 N–H and O–H groups in total. The molecule has 1 heterocycles. The van der Waals surface area contributed by atoms with Gasteiger partial charge >= 0.3 is 0 Å².